The molecule has 5 nitrogen and oxygen atoms in total. The third-order valence-corrected chi connectivity index (χ3v) is 4.83. The molecule has 3 rings (SSSR count). The molecule has 0 bridgehead atoms. The van der Waals surface area contributed by atoms with Gasteiger partial charge in [-0.05, 0) is 37.3 Å². The van der Waals surface area contributed by atoms with Gasteiger partial charge in [-0.15, -0.1) is 0 Å². The van der Waals surface area contributed by atoms with Gasteiger partial charge in [-0.3, -0.25) is 9.59 Å². The van der Waals surface area contributed by atoms with Crippen LogP contribution in [0.3, 0.4) is 0 Å². The molecule has 130 valence electrons. The molecule has 1 aromatic carbocycles. The van der Waals surface area contributed by atoms with E-state index in [0.29, 0.717) is 19.6 Å². The second-order valence-corrected chi connectivity index (χ2v) is 6.66. The third-order valence-electron chi connectivity index (χ3n) is 4.83. The molecule has 2 amide bonds. The van der Waals surface area contributed by atoms with Gasteiger partial charge in [-0.25, -0.2) is 0 Å². The Morgan fingerprint density at radius 3 is 3.04 bits per heavy atom. The molecule has 5 heteroatoms. The summed E-state index contributed by atoms with van der Waals surface area (Å²) in [5.74, 6) is 1.07. The summed E-state index contributed by atoms with van der Waals surface area (Å²) in [5, 5.41) is 3.00. The predicted molar refractivity (Wildman–Crippen MR) is 91.8 cm³/mol. The standard InChI is InChI=1S/C19H26N2O3/c22-18-9-2-1-5-11-21(18)12-6-10-20-19(23)16-13-15-7-3-4-8-17(15)24-14-16/h3-4,7-8,16H,1-2,5-6,9-14H2,(H,20,23). The van der Waals surface area contributed by atoms with Gasteiger partial charge in [0.05, 0.1) is 5.92 Å². The van der Waals surface area contributed by atoms with Crippen LogP contribution in [0.5, 0.6) is 5.75 Å². The van der Waals surface area contributed by atoms with E-state index in [1.165, 1.54) is 0 Å². The van der Waals surface area contributed by atoms with Crippen molar-refractivity contribution in [3.05, 3.63) is 29.8 Å². The van der Waals surface area contributed by atoms with Gasteiger partial charge in [0, 0.05) is 26.1 Å². The second kappa shape index (κ2) is 8.18. The number of nitrogens with zero attached hydrogens (tertiary/aromatic N) is 1. The Kier molecular flexibility index (Phi) is 5.72. The average molecular weight is 330 g/mol. The summed E-state index contributed by atoms with van der Waals surface area (Å²) in [6.07, 6.45) is 5.45. The normalized spacial score (nSPS) is 20.8. The molecule has 2 aliphatic rings. The molecule has 1 unspecified atom stereocenters. The van der Waals surface area contributed by atoms with E-state index in [-0.39, 0.29) is 17.7 Å². The van der Waals surface area contributed by atoms with E-state index in [2.05, 4.69) is 5.32 Å². The SMILES string of the molecule is O=C(NCCCN1CCCCCC1=O)C1COc2ccccc2C1. The van der Waals surface area contributed by atoms with E-state index in [1.807, 2.05) is 29.2 Å². The predicted octanol–water partition coefficient (Wildman–Crippen LogP) is 2.15. The smallest absolute Gasteiger partial charge is 0.226 e. The molecular weight excluding hydrogens is 304 g/mol. The number of para-hydroxylation sites is 1. The number of rotatable bonds is 5. The first-order chi connectivity index (χ1) is 11.7. The summed E-state index contributed by atoms with van der Waals surface area (Å²) >= 11 is 0. The molecule has 2 heterocycles. The van der Waals surface area contributed by atoms with E-state index in [0.717, 1.165) is 56.5 Å². The molecule has 0 aliphatic carbocycles. The number of fused-ring (bicyclic) bond motifs is 1. The van der Waals surface area contributed by atoms with Gasteiger partial charge >= 0.3 is 0 Å². The molecule has 0 saturated carbocycles. The quantitative estimate of drug-likeness (QED) is 0.842. The fourth-order valence-electron chi connectivity index (χ4n) is 3.40. The van der Waals surface area contributed by atoms with Gasteiger partial charge in [0.15, 0.2) is 0 Å². The van der Waals surface area contributed by atoms with Crippen molar-refractivity contribution in [1.29, 1.82) is 0 Å². The lowest BCUT2D eigenvalue weighted by Gasteiger charge is -2.25. The maximum absolute atomic E-state index is 12.3. The van der Waals surface area contributed by atoms with Gasteiger partial charge in [-0.1, -0.05) is 24.6 Å². The molecular formula is C19H26N2O3. The van der Waals surface area contributed by atoms with Crippen molar-refractivity contribution >= 4 is 11.8 Å². The van der Waals surface area contributed by atoms with Crippen molar-refractivity contribution in [2.45, 2.75) is 38.5 Å². The van der Waals surface area contributed by atoms with E-state index in [9.17, 15) is 9.59 Å². The van der Waals surface area contributed by atoms with Crippen LogP contribution in [0.4, 0.5) is 0 Å². The maximum Gasteiger partial charge on any atom is 0.226 e. The van der Waals surface area contributed by atoms with Crippen molar-refractivity contribution in [2.75, 3.05) is 26.2 Å². The van der Waals surface area contributed by atoms with E-state index in [4.69, 9.17) is 4.74 Å². The lowest BCUT2D eigenvalue weighted by atomic mass is 9.96. The number of carbonyl (C=O) groups excluding carboxylic acids is 2. The minimum absolute atomic E-state index is 0.0479. The van der Waals surface area contributed by atoms with Crippen LogP contribution in [-0.2, 0) is 16.0 Å². The number of carbonyl (C=O) groups is 2. The van der Waals surface area contributed by atoms with E-state index < -0.39 is 0 Å². The molecule has 1 saturated heterocycles. The Balaban J connectivity index is 1.39. The van der Waals surface area contributed by atoms with Crippen molar-refractivity contribution in [3.8, 4) is 5.75 Å². The number of ether oxygens (including phenoxy) is 1. The van der Waals surface area contributed by atoms with Crippen LogP contribution in [-0.4, -0.2) is 43.0 Å². The first kappa shape index (κ1) is 16.8. The van der Waals surface area contributed by atoms with E-state index >= 15 is 0 Å². The fraction of sp³-hybridized carbons (Fsp3) is 0.579. The highest BCUT2D eigenvalue weighted by Gasteiger charge is 2.25. The minimum atomic E-state index is -0.125. The lowest BCUT2D eigenvalue weighted by Crippen LogP contribution is -2.39. The third kappa shape index (κ3) is 4.28. The number of nitrogens with one attached hydrogen (secondary N) is 1. The van der Waals surface area contributed by atoms with Crippen LogP contribution < -0.4 is 10.1 Å². The summed E-state index contributed by atoms with van der Waals surface area (Å²) in [7, 11) is 0. The van der Waals surface area contributed by atoms with Crippen LogP contribution >= 0.6 is 0 Å². The minimum Gasteiger partial charge on any atom is -0.492 e. The number of hydrogen-bond acceptors (Lipinski definition) is 3. The Bertz CT molecular complexity index is 588. The van der Waals surface area contributed by atoms with Gasteiger partial charge in [0.1, 0.15) is 12.4 Å². The number of likely N-dealkylation sites (tertiary alicyclic amines) is 1. The molecule has 1 fully saturated rings. The van der Waals surface area contributed by atoms with Crippen molar-refractivity contribution in [1.82, 2.24) is 10.2 Å². The summed E-state index contributed by atoms with van der Waals surface area (Å²) in [4.78, 5) is 26.2. The van der Waals surface area contributed by atoms with Crippen LogP contribution in [0, 0.1) is 5.92 Å². The molecule has 0 radical (unpaired) electrons. The van der Waals surface area contributed by atoms with Crippen LogP contribution in [0.1, 0.15) is 37.7 Å². The zero-order chi connectivity index (χ0) is 16.8. The summed E-state index contributed by atoms with van der Waals surface area (Å²) < 4.78 is 5.67. The van der Waals surface area contributed by atoms with Crippen molar-refractivity contribution < 1.29 is 14.3 Å². The van der Waals surface area contributed by atoms with Crippen LogP contribution in [0.15, 0.2) is 24.3 Å². The topological polar surface area (TPSA) is 58.6 Å². The highest BCUT2D eigenvalue weighted by molar-refractivity contribution is 5.79. The molecule has 1 N–H and O–H groups in total. The molecule has 1 aromatic rings. The summed E-state index contributed by atoms with van der Waals surface area (Å²) in [6, 6.07) is 7.88. The lowest BCUT2D eigenvalue weighted by molar-refractivity contribution is -0.130. The largest absolute Gasteiger partial charge is 0.492 e. The molecule has 2 aliphatic heterocycles. The maximum atomic E-state index is 12.3. The zero-order valence-corrected chi connectivity index (χ0v) is 14.1. The summed E-state index contributed by atoms with van der Waals surface area (Å²) in [6.45, 7) is 2.65. The fourth-order valence-corrected chi connectivity index (χ4v) is 3.40. The number of benzene rings is 1. The van der Waals surface area contributed by atoms with Gasteiger partial charge < -0.3 is 15.0 Å². The molecule has 0 aromatic heterocycles. The Hall–Kier alpha value is -2.04. The summed E-state index contributed by atoms with van der Waals surface area (Å²) in [5.41, 5.74) is 1.10. The van der Waals surface area contributed by atoms with Crippen molar-refractivity contribution in [2.24, 2.45) is 5.92 Å². The monoisotopic (exact) mass is 330 g/mol. The number of hydrogen-bond donors (Lipinski definition) is 1. The molecule has 24 heavy (non-hydrogen) atoms. The van der Waals surface area contributed by atoms with Gasteiger partial charge in [0.2, 0.25) is 11.8 Å². The molecule has 0 spiro atoms. The average Bonchev–Trinajstić information content (AvgIpc) is 2.82. The van der Waals surface area contributed by atoms with Gasteiger partial charge in [0.25, 0.3) is 0 Å². The van der Waals surface area contributed by atoms with Crippen molar-refractivity contribution in [3.63, 3.8) is 0 Å². The van der Waals surface area contributed by atoms with Gasteiger partial charge in [-0.2, -0.15) is 0 Å². The Morgan fingerprint density at radius 1 is 1.25 bits per heavy atom. The van der Waals surface area contributed by atoms with E-state index in [1.54, 1.807) is 0 Å². The zero-order valence-electron chi connectivity index (χ0n) is 14.1. The molecule has 1 atom stereocenters. The van der Waals surface area contributed by atoms with Crippen LogP contribution in [0.25, 0.3) is 0 Å². The second-order valence-electron chi connectivity index (χ2n) is 6.66. The first-order valence-electron chi connectivity index (χ1n) is 9.00. The first-order valence-corrected chi connectivity index (χ1v) is 9.00. The highest BCUT2D eigenvalue weighted by Crippen LogP contribution is 2.26. The Morgan fingerprint density at radius 2 is 2.12 bits per heavy atom. The van der Waals surface area contributed by atoms with Crippen LogP contribution in [0.2, 0.25) is 0 Å². The number of amides is 2. The highest BCUT2D eigenvalue weighted by atomic mass is 16.5. The Labute approximate surface area is 143 Å².